The number of fused-ring (bicyclic) bond motifs is 2. The number of benzene rings is 1. The molecular weight excluding hydrogens is 334 g/mol. The van der Waals surface area contributed by atoms with Gasteiger partial charge in [0.25, 0.3) is 0 Å². The van der Waals surface area contributed by atoms with E-state index in [2.05, 4.69) is 51.8 Å². The summed E-state index contributed by atoms with van der Waals surface area (Å²) in [5, 5.41) is 3.53. The van der Waals surface area contributed by atoms with E-state index in [1.54, 1.807) is 7.11 Å². The van der Waals surface area contributed by atoms with Gasteiger partial charge in [0.15, 0.2) is 0 Å². The smallest absolute Gasteiger partial charge is 0.134 e. The van der Waals surface area contributed by atoms with E-state index in [0.717, 1.165) is 48.8 Å². The van der Waals surface area contributed by atoms with Crippen molar-refractivity contribution >= 4 is 11.5 Å². The Morgan fingerprint density at radius 1 is 1.37 bits per heavy atom. The van der Waals surface area contributed by atoms with Crippen LogP contribution in [-0.2, 0) is 5.41 Å². The molecule has 4 heteroatoms. The van der Waals surface area contributed by atoms with Crippen LogP contribution in [0.5, 0.6) is 5.75 Å². The molecule has 1 aliphatic carbocycles. The molecule has 2 heterocycles. The number of ether oxygens (including phenoxy) is 1. The number of nitrogens with zero attached hydrogens (tertiary/aromatic N) is 2. The Morgan fingerprint density at radius 3 is 2.89 bits per heavy atom. The summed E-state index contributed by atoms with van der Waals surface area (Å²) in [6.07, 6.45) is 9.36. The van der Waals surface area contributed by atoms with Crippen molar-refractivity contribution in [2.75, 3.05) is 32.6 Å². The van der Waals surface area contributed by atoms with Crippen LogP contribution in [-0.4, -0.2) is 44.0 Å². The van der Waals surface area contributed by atoms with Crippen molar-refractivity contribution < 1.29 is 4.74 Å². The molecule has 0 aromatic heterocycles. The summed E-state index contributed by atoms with van der Waals surface area (Å²) < 4.78 is 5.69. The van der Waals surface area contributed by atoms with Crippen LogP contribution < -0.4 is 10.1 Å². The fourth-order valence-corrected chi connectivity index (χ4v) is 4.74. The minimum Gasteiger partial charge on any atom is -0.495 e. The van der Waals surface area contributed by atoms with Crippen LogP contribution in [0.3, 0.4) is 0 Å². The Hall–Kier alpha value is -2.25. The molecule has 0 unspecified atom stereocenters. The number of likely N-dealkylation sites (tertiary alicyclic amines) is 1. The number of rotatable bonds is 3. The third-order valence-corrected chi connectivity index (χ3v) is 6.43. The van der Waals surface area contributed by atoms with Gasteiger partial charge in [-0.15, -0.1) is 6.58 Å². The SMILES string of the molecule is C=C[C@@H]1CCCCN1CC#Cc1cc2c(cc1OC)C1(CCC1)C(=NC)N2. The molecule has 1 atom stereocenters. The van der Waals surface area contributed by atoms with E-state index in [-0.39, 0.29) is 5.41 Å². The highest BCUT2D eigenvalue weighted by atomic mass is 16.5. The molecule has 0 radical (unpaired) electrons. The number of hydrogen-bond acceptors (Lipinski definition) is 3. The molecule has 1 N–H and O–H groups in total. The second-order valence-electron chi connectivity index (χ2n) is 7.80. The Bertz CT molecular complexity index is 826. The summed E-state index contributed by atoms with van der Waals surface area (Å²) in [4.78, 5) is 6.94. The first-order valence-electron chi connectivity index (χ1n) is 10.0. The molecule has 2 fully saturated rings. The molecule has 1 aromatic carbocycles. The summed E-state index contributed by atoms with van der Waals surface area (Å²) in [6.45, 7) is 5.86. The van der Waals surface area contributed by atoms with Crippen molar-refractivity contribution in [3.63, 3.8) is 0 Å². The molecule has 1 spiro atoms. The van der Waals surface area contributed by atoms with E-state index in [0.29, 0.717) is 6.04 Å². The fourth-order valence-electron chi connectivity index (χ4n) is 4.74. The van der Waals surface area contributed by atoms with Crippen molar-refractivity contribution in [2.45, 2.75) is 50.0 Å². The quantitative estimate of drug-likeness (QED) is 0.652. The third kappa shape index (κ3) is 3.04. The van der Waals surface area contributed by atoms with Gasteiger partial charge in [-0.3, -0.25) is 9.89 Å². The predicted octanol–water partition coefficient (Wildman–Crippen LogP) is 3.96. The minimum absolute atomic E-state index is 0.0777. The normalized spacial score (nSPS) is 24.5. The van der Waals surface area contributed by atoms with Crippen LogP contribution in [0.2, 0.25) is 0 Å². The summed E-state index contributed by atoms with van der Waals surface area (Å²) in [5.41, 5.74) is 3.48. The van der Waals surface area contributed by atoms with Gasteiger partial charge in [0.05, 0.1) is 24.6 Å². The maximum absolute atomic E-state index is 5.69. The van der Waals surface area contributed by atoms with E-state index < -0.39 is 0 Å². The van der Waals surface area contributed by atoms with Gasteiger partial charge in [-0.2, -0.15) is 0 Å². The highest BCUT2D eigenvalue weighted by Gasteiger charge is 2.49. The second kappa shape index (κ2) is 7.40. The lowest BCUT2D eigenvalue weighted by atomic mass is 9.65. The largest absolute Gasteiger partial charge is 0.495 e. The molecule has 3 aliphatic rings. The van der Waals surface area contributed by atoms with E-state index in [4.69, 9.17) is 4.74 Å². The monoisotopic (exact) mass is 363 g/mol. The van der Waals surface area contributed by atoms with Crippen molar-refractivity contribution in [1.82, 2.24) is 4.90 Å². The lowest BCUT2D eigenvalue weighted by Crippen LogP contribution is -2.41. The van der Waals surface area contributed by atoms with Gasteiger partial charge in [0.1, 0.15) is 11.6 Å². The highest BCUT2D eigenvalue weighted by molar-refractivity contribution is 6.10. The first kappa shape index (κ1) is 18.1. The summed E-state index contributed by atoms with van der Waals surface area (Å²) in [7, 11) is 3.61. The topological polar surface area (TPSA) is 36.9 Å². The first-order chi connectivity index (χ1) is 13.2. The molecule has 1 aromatic rings. The zero-order valence-corrected chi connectivity index (χ0v) is 16.5. The zero-order chi connectivity index (χ0) is 18.9. The number of amidine groups is 1. The molecule has 4 rings (SSSR count). The van der Waals surface area contributed by atoms with Gasteiger partial charge in [-0.1, -0.05) is 30.8 Å². The summed E-state index contributed by atoms with van der Waals surface area (Å²) in [6, 6.07) is 4.77. The molecule has 2 aliphatic heterocycles. The van der Waals surface area contributed by atoms with Gasteiger partial charge in [0.2, 0.25) is 0 Å². The van der Waals surface area contributed by atoms with Crippen LogP contribution in [0, 0.1) is 11.8 Å². The first-order valence-corrected chi connectivity index (χ1v) is 10.0. The van der Waals surface area contributed by atoms with Gasteiger partial charge in [-0.05, 0) is 49.9 Å². The molecule has 27 heavy (non-hydrogen) atoms. The fraction of sp³-hybridized carbons (Fsp3) is 0.522. The number of methoxy groups -OCH3 is 1. The third-order valence-electron chi connectivity index (χ3n) is 6.43. The van der Waals surface area contributed by atoms with Crippen molar-refractivity contribution in [3.05, 3.63) is 35.9 Å². The maximum Gasteiger partial charge on any atom is 0.134 e. The van der Waals surface area contributed by atoms with Crippen LogP contribution in [0.25, 0.3) is 0 Å². The van der Waals surface area contributed by atoms with Crippen LogP contribution >= 0.6 is 0 Å². The number of aliphatic imine (C=N–C) groups is 1. The molecule has 1 saturated heterocycles. The Morgan fingerprint density at radius 2 is 2.22 bits per heavy atom. The highest BCUT2D eigenvalue weighted by Crippen LogP contribution is 2.52. The Balaban J connectivity index is 1.59. The minimum atomic E-state index is 0.0777. The molecule has 0 amide bonds. The van der Waals surface area contributed by atoms with Crippen LogP contribution in [0.15, 0.2) is 29.8 Å². The predicted molar refractivity (Wildman–Crippen MR) is 112 cm³/mol. The Labute approximate surface area is 162 Å². The standard InChI is InChI=1S/C23H29N3O/c1-4-18-10-5-6-13-26(18)14-7-9-17-15-20-19(16-21(17)27-3)23(11-8-12-23)22(24-2)25-20/h4,15-16,18H,1,5-6,8,10-14H2,2-3H3,(H,24,25)/t18-/m1/s1. The van der Waals surface area contributed by atoms with E-state index in [9.17, 15) is 0 Å². The summed E-state index contributed by atoms with van der Waals surface area (Å²) in [5.74, 6) is 8.68. The van der Waals surface area contributed by atoms with Gasteiger partial charge in [0, 0.05) is 18.8 Å². The summed E-state index contributed by atoms with van der Waals surface area (Å²) >= 11 is 0. The maximum atomic E-state index is 5.69. The molecule has 0 bridgehead atoms. The molecule has 4 nitrogen and oxygen atoms in total. The molecular formula is C23H29N3O. The number of anilines is 1. The van der Waals surface area contributed by atoms with Crippen molar-refractivity contribution in [2.24, 2.45) is 4.99 Å². The van der Waals surface area contributed by atoms with E-state index in [1.165, 1.54) is 31.2 Å². The van der Waals surface area contributed by atoms with Crippen molar-refractivity contribution in [3.8, 4) is 17.6 Å². The second-order valence-corrected chi connectivity index (χ2v) is 7.80. The Kier molecular flexibility index (Phi) is 4.97. The molecule has 1 saturated carbocycles. The number of piperidine rings is 1. The average Bonchev–Trinajstić information content (AvgIpc) is 3.01. The number of hydrogen-bond donors (Lipinski definition) is 1. The zero-order valence-electron chi connectivity index (χ0n) is 16.5. The van der Waals surface area contributed by atoms with Gasteiger partial charge in [-0.25, -0.2) is 0 Å². The lowest BCUT2D eigenvalue weighted by Gasteiger charge is -2.38. The molecule has 142 valence electrons. The number of nitrogens with one attached hydrogen (secondary N) is 1. The van der Waals surface area contributed by atoms with Gasteiger partial charge >= 0.3 is 0 Å². The van der Waals surface area contributed by atoms with Crippen molar-refractivity contribution in [1.29, 1.82) is 0 Å². The van der Waals surface area contributed by atoms with Crippen LogP contribution in [0.1, 0.15) is 49.7 Å². The average molecular weight is 364 g/mol. The van der Waals surface area contributed by atoms with E-state index in [1.807, 2.05) is 7.05 Å². The van der Waals surface area contributed by atoms with Gasteiger partial charge < -0.3 is 10.1 Å². The van der Waals surface area contributed by atoms with E-state index >= 15 is 0 Å². The van der Waals surface area contributed by atoms with Crippen LogP contribution in [0.4, 0.5) is 5.69 Å². The lowest BCUT2D eigenvalue weighted by molar-refractivity contribution is 0.202.